The van der Waals surface area contributed by atoms with Gasteiger partial charge in [0.25, 0.3) is 0 Å². The van der Waals surface area contributed by atoms with Crippen LogP contribution in [0.4, 0.5) is 0 Å². The summed E-state index contributed by atoms with van der Waals surface area (Å²) in [6, 6.07) is 8.11. The highest BCUT2D eigenvalue weighted by Crippen LogP contribution is 2.05. The summed E-state index contributed by atoms with van der Waals surface area (Å²) in [5.74, 6) is -0.694. The monoisotopic (exact) mass is 224 g/mol. The van der Waals surface area contributed by atoms with Crippen LogP contribution in [0.3, 0.4) is 0 Å². The van der Waals surface area contributed by atoms with Crippen LogP contribution in [0.5, 0.6) is 0 Å². The SMILES string of the molecule is O=C[C@H](O)[C@@H](CO)OC(=O)c1ccccc1. The number of aldehydes is 1. The third-order valence-corrected chi connectivity index (χ3v) is 1.97. The third-order valence-electron chi connectivity index (χ3n) is 1.97. The molecule has 0 amide bonds. The molecule has 2 N–H and O–H groups in total. The normalized spacial score (nSPS) is 13.9. The van der Waals surface area contributed by atoms with Crippen molar-refractivity contribution in [3.63, 3.8) is 0 Å². The van der Waals surface area contributed by atoms with E-state index >= 15 is 0 Å². The van der Waals surface area contributed by atoms with Crippen molar-refractivity contribution in [1.29, 1.82) is 0 Å². The summed E-state index contributed by atoms with van der Waals surface area (Å²) in [6.45, 7) is -0.613. The first-order valence-electron chi connectivity index (χ1n) is 4.69. The van der Waals surface area contributed by atoms with E-state index in [4.69, 9.17) is 14.9 Å². The van der Waals surface area contributed by atoms with Crippen LogP contribution >= 0.6 is 0 Å². The van der Waals surface area contributed by atoms with Crippen LogP contribution in [0.2, 0.25) is 0 Å². The summed E-state index contributed by atoms with van der Waals surface area (Å²) < 4.78 is 4.77. The van der Waals surface area contributed by atoms with E-state index in [-0.39, 0.29) is 6.29 Å². The first-order valence-corrected chi connectivity index (χ1v) is 4.69. The van der Waals surface area contributed by atoms with Gasteiger partial charge >= 0.3 is 5.97 Å². The fourth-order valence-corrected chi connectivity index (χ4v) is 1.08. The number of hydrogen-bond donors (Lipinski definition) is 2. The Kier molecular flexibility index (Phi) is 4.63. The summed E-state index contributed by atoms with van der Waals surface area (Å²) >= 11 is 0. The molecule has 5 nitrogen and oxygen atoms in total. The molecule has 86 valence electrons. The van der Waals surface area contributed by atoms with E-state index in [2.05, 4.69) is 0 Å². The van der Waals surface area contributed by atoms with E-state index in [0.29, 0.717) is 5.56 Å². The van der Waals surface area contributed by atoms with Gasteiger partial charge in [-0.15, -0.1) is 0 Å². The van der Waals surface area contributed by atoms with Crippen molar-refractivity contribution in [1.82, 2.24) is 0 Å². The van der Waals surface area contributed by atoms with Crippen LogP contribution in [0.25, 0.3) is 0 Å². The Bertz CT molecular complexity index is 349. The quantitative estimate of drug-likeness (QED) is 0.533. The number of aliphatic hydroxyl groups excluding tert-OH is 2. The molecule has 1 aromatic carbocycles. The first-order chi connectivity index (χ1) is 7.69. The summed E-state index contributed by atoms with van der Waals surface area (Å²) in [6.07, 6.45) is -2.54. The molecule has 0 aromatic heterocycles. The molecule has 5 heteroatoms. The van der Waals surface area contributed by atoms with Crippen molar-refractivity contribution in [3.8, 4) is 0 Å². The molecule has 1 rings (SSSR count). The second-order valence-corrected chi connectivity index (χ2v) is 3.12. The average Bonchev–Trinajstić information content (AvgIpc) is 2.35. The van der Waals surface area contributed by atoms with Gasteiger partial charge in [0, 0.05) is 0 Å². The Balaban J connectivity index is 2.66. The van der Waals surface area contributed by atoms with E-state index in [1.807, 2.05) is 0 Å². The van der Waals surface area contributed by atoms with E-state index in [1.165, 1.54) is 12.1 Å². The van der Waals surface area contributed by atoms with Crippen molar-refractivity contribution in [2.45, 2.75) is 12.2 Å². The number of rotatable bonds is 5. The Labute approximate surface area is 92.3 Å². The molecule has 0 aliphatic rings. The third kappa shape index (κ3) is 3.15. The molecule has 0 bridgehead atoms. The van der Waals surface area contributed by atoms with Crippen LogP contribution in [0.1, 0.15) is 10.4 Å². The highest BCUT2D eigenvalue weighted by Gasteiger charge is 2.22. The van der Waals surface area contributed by atoms with Crippen molar-refractivity contribution in [2.24, 2.45) is 0 Å². The smallest absolute Gasteiger partial charge is 0.338 e. The van der Waals surface area contributed by atoms with Crippen molar-refractivity contribution >= 4 is 12.3 Å². The van der Waals surface area contributed by atoms with Gasteiger partial charge in [0.1, 0.15) is 6.10 Å². The fraction of sp³-hybridized carbons (Fsp3) is 0.273. The lowest BCUT2D eigenvalue weighted by Crippen LogP contribution is -2.35. The molecular formula is C11H12O5. The molecule has 0 saturated carbocycles. The molecule has 1 aromatic rings. The molecule has 0 radical (unpaired) electrons. The average molecular weight is 224 g/mol. The molecule has 0 spiro atoms. The Morgan fingerprint density at radius 1 is 1.38 bits per heavy atom. The first kappa shape index (κ1) is 12.4. The molecule has 0 aliphatic heterocycles. The van der Waals surface area contributed by atoms with Gasteiger partial charge in [-0.1, -0.05) is 18.2 Å². The fourth-order valence-electron chi connectivity index (χ4n) is 1.08. The Morgan fingerprint density at radius 2 is 2.00 bits per heavy atom. The number of ether oxygens (including phenoxy) is 1. The maximum atomic E-state index is 11.5. The molecule has 16 heavy (non-hydrogen) atoms. The van der Waals surface area contributed by atoms with Crippen molar-refractivity contribution in [3.05, 3.63) is 35.9 Å². The van der Waals surface area contributed by atoms with Crippen molar-refractivity contribution in [2.75, 3.05) is 6.61 Å². The highest BCUT2D eigenvalue weighted by atomic mass is 16.6. The summed E-state index contributed by atoms with van der Waals surface area (Å²) in [5, 5.41) is 17.9. The van der Waals surface area contributed by atoms with Gasteiger partial charge in [0.2, 0.25) is 0 Å². The number of carbonyl (C=O) groups is 2. The van der Waals surface area contributed by atoms with Crippen LogP contribution in [-0.2, 0) is 9.53 Å². The van der Waals surface area contributed by atoms with Gasteiger partial charge in [-0.3, -0.25) is 0 Å². The van der Waals surface area contributed by atoms with E-state index in [1.54, 1.807) is 18.2 Å². The molecule has 0 unspecified atom stereocenters. The maximum absolute atomic E-state index is 11.5. The minimum atomic E-state index is -1.52. The molecule has 0 saturated heterocycles. The largest absolute Gasteiger partial charge is 0.453 e. The minimum absolute atomic E-state index is 0.208. The van der Waals surface area contributed by atoms with E-state index in [9.17, 15) is 9.59 Å². The van der Waals surface area contributed by atoms with Gasteiger partial charge in [-0.25, -0.2) is 4.79 Å². The zero-order valence-corrected chi connectivity index (χ0v) is 8.45. The topological polar surface area (TPSA) is 83.8 Å². The lowest BCUT2D eigenvalue weighted by atomic mass is 10.2. The summed E-state index contributed by atoms with van der Waals surface area (Å²) in [4.78, 5) is 21.7. The zero-order chi connectivity index (χ0) is 12.0. The second kappa shape index (κ2) is 5.99. The van der Waals surface area contributed by atoms with Gasteiger partial charge in [-0.05, 0) is 12.1 Å². The number of aliphatic hydroxyl groups is 2. The van der Waals surface area contributed by atoms with Gasteiger partial charge in [0.15, 0.2) is 12.4 Å². The summed E-state index contributed by atoms with van der Waals surface area (Å²) in [7, 11) is 0. The minimum Gasteiger partial charge on any atom is -0.453 e. The molecule has 0 fully saturated rings. The maximum Gasteiger partial charge on any atom is 0.338 e. The van der Waals surface area contributed by atoms with Gasteiger partial charge in [-0.2, -0.15) is 0 Å². The van der Waals surface area contributed by atoms with Gasteiger partial charge in [0.05, 0.1) is 12.2 Å². The van der Waals surface area contributed by atoms with Crippen LogP contribution in [0, 0.1) is 0 Å². The number of benzene rings is 1. The lowest BCUT2D eigenvalue weighted by molar-refractivity contribution is -0.122. The Morgan fingerprint density at radius 3 is 2.50 bits per heavy atom. The van der Waals surface area contributed by atoms with Crippen LogP contribution < -0.4 is 0 Å². The standard InChI is InChI=1S/C11H12O5/c12-6-9(14)10(7-13)16-11(15)8-4-2-1-3-5-8/h1-6,9-10,13-14H,7H2/t9-,10+/m0/s1. The molecule has 2 atom stereocenters. The van der Waals surface area contributed by atoms with E-state index in [0.717, 1.165) is 0 Å². The van der Waals surface area contributed by atoms with Crippen LogP contribution in [-0.4, -0.2) is 41.3 Å². The zero-order valence-electron chi connectivity index (χ0n) is 8.45. The lowest BCUT2D eigenvalue weighted by Gasteiger charge is -2.16. The predicted molar refractivity (Wildman–Crippen MR) is 54.8 cm³/mol. The van der Waals surface area contributed by atoms with Gasteiger partial charge < -0.3 is 19.7 Å². The number of hydrogen-bond acceptors (Lipinski definition) is 5. The van der Waals surface area contributed by atoms with Crippen molar-refractivity contribution < 1.29 is 24.5 Å². The number of esters is 1. The number of carbonyl (C=O) groups excluding carboxylic acids is 2. The predicted octanol–water partition coefficient (Wildman–Crippen LogP) is -0.236. The molecule has 0 heterocycles. The highest BCUT2D eigenvalue weighted by molar-refractivity contribution is 5.89. The Hall–Kier alpha value is -1.72. The molecule has 0 aliphatic carbocycles. The van der Waals surface area contributed by atoms with Crippen LogP contribution in [0.15, 0.2) is 30.3 Å². The van der Waals surface area contributed by atoms with E-state index < -0.39 is 24.8 Å². The molecular weight excluding hydrogens is 212 g/mol. The second-order valence-electron chi connectivity index (χ2n) is 3.12. The summed E-state index contributed by atoms with van der Waals surface area (Å²) in [5.41, 5.74) is 0.291.